The molecule has 1 aromatic heterocycles. The van der Waals surface area contributed by atoms with Gasteiger partial charge in [-0.2, -0.15) is 0 Å². The molecule has 0 aliphatic carbocycles. The minimum atomic E-state index is -0.195. The lowest BCUT2D eigenvalue weighted by atomic mass is 10.0. The zero-order valence-corrected chi connectivity index (χ0v) is 13.9. The lowest BCUT2D eigenvalue weighted by Gasteiger charge is -2.32. The van der Waals surface area contributed by atoms with Gasteiger partial charge in [0.2, 0.25) is 0 Å². The van der Waals surface area contributed by atoms with Crippen molar-refractivity contribution in [2.24, 2.45) is 5.73 Å². The summed E-state index contributed by atoms with van der Waals surface area (Å²) in [5.41, 5.74) is 8.61. The summed E-state index contributed by atoms with van der Waals surface area (Å²) >= 11 is 1.74. The number of nitrogens with two attached hydrogens (primary N) is 1. The Kier molecular flexibility index (Phi) is 5.01. The SMILES string of the molecule is Cc1cc(N(Cc2cccs2)C(C)C)c([C@H](C)N)cc1F. The van der Waals surface area contributed by atoms with Gasteiger partial charge in [-0.1, -0.05) is 6.07 Å². The molecule has 2 N–H and O–H groups in total. The second-order valence-corrected chi connectivity index (χ2v) is 6.78. The fourth-order valence-corrected chi connectivity index (χ4v) is 3.11. The monoisotopic (exact) mass is 306 g/mol. The van der Waals surface area contributed by atoms with Crippen LogP contribution in [0, 0.1) is 12.7 Å². The number of hydrogen-bond donors (Lipinski definition) is 1. The summed E-state index contributed by atoms with van der Waals surface area (Å²) in [6.07, 6.45) is 0. The van der Waals surface area contributed by atoms with Crippen molar-refractivity contribution in [2.75, 3.05) is 4.90 Å². The van der Waals surface area contributed by atoms with E-state index in [1.807, 2.05) is 13.0 Å². The van der Waals surface area contributed by atoms with E-state index in [1.165, 1.54) is 4.88 Å². The standard InChI is InChI=1S/C17H23FN2S/c1-11(2)20(10-14-6-5-7-21-14)17-8-12(3)16(18)9-15(17)13(4)19/h5-9,11,13H,10,19H2,1-4H3/t13-/m0/s1. The van der Waals surface area contributed by atoms with Crippen LogP contribution in [0.4, 0.5) is 10.1 Å². The summed E-state index contributed by atoms with van der Waals surface area (Å²) in [5.74, 6) is -0.189. The molecular weight excluding hydrogens is 283 g/mol. The van der Waals surface area contributed by atoms with E-state index in [1.54, 1.807) is 24.3 Å². The van der Waals surface area contributed by atoms with Crippen LogP contribution in [0.5, 0.6) is 0 Å². The van der Waals surface area contributed by atoms with Gasteiger partial charge in [0.05, 0.1) is 6.54 Å². The lowest BCUT2D eigenvalue weighted by molar-refractivity contribution is 0.609. The summed E-state index contributed by atoms with van der Waals surface area (Å²) < 4.78 is 13.9. The number of rotatable bonds is 5. The van der Waals surface area contributed by atoms with Gasteiger partial charge in [-0.3, -0.25) is 0 Å². The first-order valence-electron chi connectivity index (χ1n) is 7.24. The topological polar surface area (TPSA) is 29.3 Å². The number of halogens is 1. The molecule has 0 aliphatic rings. The number of nitrogens with zero attached hydrogens (tertiary/aromatic N) is 1. The Bertz CT molecular complexity index is 591. The van der Waals surface area contributed by atoms with E-state index < -0.39 is 0 Å². The van der Waals surface area contributed by atoms with Crippen LogP contribution < -0.4 is 10.6 Å². The quantitative estimate of drug-likeness (QED) is 0.872. The maximum absolute atomic E-state index is 13.9. The highest BCUT2D eigenvalue weighted by molar-refractivity contribution is 7.09. The molecule has 2 nitrogen and oxygen atoms in total. The molecule has 0 spiro atoms. The van der Waals surface area contributed by atoms with Crippen LogP contribution in [0.25, 0.3) is 0 Å². The van der Waals surface area contributed by atoms with E-state index >= 15 is 0 Å². The Morgan fingerprint density at radius 2 is 2.00 bits per heavy atom. The Morgan fingerprint density at radius 3 is 2.52 bits per heavy atom. The normalized spacial score (nSPS) is 12.7. The molecule has 2 rings (SSSR count). The zero-order chi connectivity index (χ0) is 15.6. The smallest absolute Gasteiger partial charge is 0.126 e. The molecule has 1 atom stereocenters. The summed E-state index contributed by atoms with van der Waals surface area (Å²) in [6.45, 7) is 8.82. The Balaban J connectivity index is 2.46. The van der Waals surface area contributed by atoms with E-state index in [0.717, 1.165) is 17.8 Å². The predicted molar refractivity (Wildman–Crippen MR) is 89.4 cm³/mol. The summed E-state index contributed by atoms with van der Waals surface area (Å²) in [7, 11) is 0. The Hall–Kier alpha value is -1.39. The maximum Gasteiger partial charge on any atom is 0.126 e. The van der Waals surface area contributed by atoms with Gasteiger partial charge >= 0.3 is 0 Å². The second kappa shape index (κ2) is 6.58. The number of aryl methyl sites for hydroxylation is 1. The molecule has 4 heteroatoms. The van der Waals surface area contributed by atoms with Crippen molar-refractivity contribution >= 4 is 17.0 Å². The van der Waals surface area contributed by atoms with Gasteiger partial charge in [0.25, 0.3) is 0 Å². The fraction of sp³-hybridized carbons (Fsp3) is 0.412. The number of thiophene rings is 1. The van der Waals surface area contributed by atoms with Crippen molar-refractivity contribution in [1.29, 1.82) is 0 Å². The highest BCUT2D eigenvalue weighted by atomic mass is 32.1. The molecule has 0 saturated heterocycles. The van der Waals surface area contributed by atoms with Crippen LogP contribution in [0.15, 0.2) is 29.6 Å². The predicted octanol–water partition coefficient (Wildman–Crippen LogP) is 4.63. The molecule has 0 unspecified atom stereocenters. The minimum Gasteiger partial charge on any atom is -0.364 e. The van der Waals surface area contributed by atoms with Crippen molar-refractivity contribution in [3.05, 3.63) is 51.5 Å². The third-order valence-electron chi connectivity index (χ3n) is 3.64. The van der Waals surface area contributed by atoms with E-state index in [4.69, 9.17) is 5.73 Å². The van der Waals surface area contributed by atoms with Gasteiger partial charge in [-0.05, 0) is 62.4 Å². The molecule has 0 fully saturated rings. The molecule has 21 heavy (non-hydrogen) atoms. The van der Waals surface area contributed by atoms with Gasteiger partial charge in [0, 0.05) is 22.6 Å². The average molecular weight is 306 g/mol. The zero-order valence-electron chi connectivity index (χ0n) is 13.1. The largest absolute Gasteiger partial charge is 0.364 e. The van der Waals surface area contributed by atoms with Gasteiger partial charge in [0.15, 0.2) is 0 Å². The van der Waals surface area contributed by atoms with E-state index in [9.17, 15) is 4.39 Å². The van der Waals surface area contributed by atoms with Crippen molar-refractivity contribution < 1.29 is 4.39 Å². The number of hydrogen-bond acceptors (Lipinski definition) is 3. The highest BCUT2D eigenvalue weighted by Gasteiger charge is 2.19. The molecule has 0 amide bonds. The van der Waals surface area contributed by atoms with Crippen LogP contribution in [0.1, 0.15) is 42.8 Å². The molecule has 2 aromatic rings. The van der Waals surface area contributed by atoms with E-state index in [0.29, 0.717) is 11.6 Å². The number of benzene rings is 1. The van der Waals surface area contributed by atoms with Crippen molar-refractivity contribution in [3.8, 4) is 0 Å². The first kappa shape index (κ1) is 16.0. The summed E-state index contributed by atoms with van der Waals surface area (Å²) in [4.78, 5) is 3.58. The Morgan fingerprint density at radius 1 is 1.29 bits per heavy atom. The summed E-state index contributed by atoms with van der Waals surface area (Å²) in [6, 6.07) is 7.80. The van der Waals surface area contributed by atoms with Crippen LogP contribution in [0.2, 0.25) is 0 Å². The van der Waals surface area contributed by atoms with Gasteiger partial charge in [-0.15, -0.1) is 11.3 Å². The van der Waals surface area contributed by atoms with Crippen LogP contribution >= 0.6 is 11.3 Å². The minimum absolute atomic E-state index is 0.189. The third-order valence-corrected chi connectivity index (χ3v) is 4.50. The molecule has 0 aliphatic heterocycles. The van der Waals surface area contributed by atoms with Crippen LogP contribution in [0.3, 0.4) is 0 Å². The number of anilines is 1. The van der Waals surface area contributed by atoms with Crippen LogP contribution in [-0.4, -0.2) is 6.04 Å². The van der Waals surface area contributed by atoms with E-state index in [-0.39, 0.29) is 11.9 Å². The third kappa shape index (κ3) is 3.63. The average Bonchev–Trinajstić information content (AvgIpc) is 2.91. The summed E-state index contributed by atoms with van der Waals surface area (Å²) in [5, 5.41) is 2.08. The molecule has 1 heterocycles. The lowest BCUT2D eigenvalue weighted by Crippen LogP contribution is -2.31. The van der Waals surface area contributed by atoms with Gasteiger partial charge in [-0.25, -0.2) is 4.39 Å². The first-order valence-corrected chi connectivity index (χ1v) is 8.12. The van der Waals surface area contributed by atoms with Crippen molar-refractivity contribution in [1.82, 2.24) is 0 Å². The first-order chi connectivity index (χ1) is 9.90. The maximum atomic E-state index is 13.9. The molecule has 0 radical (unpaired) electrons. The van der Waals surface area contributed by atoms with Crippen molar-refractivity contribution in [2.45, 2.75) is 46.3 Å². The van der Waals surface area contributed by atoms with Gasteiger partial charge < -0.3 is 10.6 Å². The van der Waals surface area contributed by atoms with E-state index in [2.05, 4.69) is 36.3 Å². The molecule has 1 aromatic carbocycles. The molecule has 114 valence electrons. The molecule has 0 bridgehead atoms. The second-order valence-electron chi connectivity index (χ2n) is 5.75. The van der Waals surface area contributed by atoms with Crippen molar-refractivity contribution in [3.63, 3.8) is 0 Å². The highest BCUT2D eigenvalue weighted by Crippen LogP contribution is 2.31. The Labute approximate surface area is 130 Å². The fourth-order valence-electron chi connectivity index (χ4n) is 2.41. The van der Waals surface area contributed by atoms with Crippen LogP contribution in [-0.2, 0) is 6.54 Å². The molecular formula is C17H23FN2S. The van der Waals surface area contributed by atoms with Gasteiger partial charge in [0.1, 0.15) is 5.82 Å². The molecule has 0 saturated carbocycles.